The molecule has 164 valence electrons. The first-order chi connectivity index (χ1) is 15.5. The van der Waals surface area contributed by atoms with Gasteiger partial charge in [-0.15, -0.1) is 5.10 Å². The van der Waals surface area contributed by atoms with Crippen molar-refractivity contribution in [3.63, 3.8) is 0 Å². The topological polar surface area (TPSA) is 49.3 Å². The lowest BCUT2D eigenvalue weighted by atomic mass is 10.1. The second-order valence-electron chi connectivity index (χ2n) is 8.11. The number of methoxy groups -OCH3 is 1. The van der Waals surface area contributed by atoms with Crippen molar-refractivity contribution in [2.45, 2.75) is 27.1 Å². The van der Waals surface area contributed by atoms with Crippen LogP contribution in [0, 0.1) is 18.6 Å². The maximum Gasteiger partial charge on any atom is 0.207 e. The molecule has 0 aliphatic rings. The van der Waals surface area contributed by atoms with E-state index in [1.807, 2.05) is 35.1 Å². The molecule has 0 radical (unpaired) electrons. The van der Waals surface area contributed by atoms with E-state index in [0.29, 0.717) is 11.4 Å². The molecular formula is C25H28N5OS+. The predicted octanol–water partition coefficient (Wildman–Crippen LogP) is 3.76. The molecule has 0 saturated carbocycles. The lowest BCUT2D eigenvalue weighted by Crippen LogP contribution is -3.07. The van der Waals surface area contributed by atoms with Crippen LogP contribution in [0.2, 0.25) is 0 Å². The monoisotopic (exact) mass is 446 g/mol. The van der Waals surface area contributed by atoms with Crippen LogP contribution in [0.1, 0.15) is 16.7 Å². The van der Waals surface area contributed by atoms with Gasteiger partial charge in [0.05, 0.1) is 19.8 Å². The van der Waals surface area contributed by atoms with Crippen molar-refractivity contribution in [1.82, 2.24) is 19.3 Å². The van der Waals surface area contributed by atoms with Crippen molar-refractivity contribution < 1.29 is 9.64 Å². The molecule has 7 heteroatoms. The van der Waals surface area contributed by atoms with E-state index < -0.39 is 0 Å². The van der Waals surface area contributed by atoms with Crippen LogP contribution in [0.4, 0.5) is 0 Å². The summed E-state index contributed by atoms with van der Waals surface area (Å²) in [7, 11) is 3.83. The van der Waals surface area contributed by atoms with Crippen LogP contribution in [0.3, 0.4) is 0 Å². The molecule has 0 saturated heterocycles. The number of aromatic nitrogens is 4. The zero-order chi connectivity index (χ0) is 22.7. The summed E-state index contributed by atoms with van der Waals surface area (Å²) in [5.74, 6) is 1.66. The summed E-state index contributed by atoms with van der Waals surface area (Å²) >= 11 is 5.92. The molecule has 1 atom stereocenters. The smallest absolute Gasteiger partial charge is 0.207 e. The molecule has 0 fully saturated rings. The molecule has 4 aromatic rings. The second kappa shape index (κ2) is 9.46. The van der Waals surface area contributed by atoms with Gasteiger partial charge in [-0.1, -0.05) is 17.7 Å². The van der Waals surface area contributed by atoms with Crippen LogP contribution in [0.25, 0.3) is 17.1 Å². The molecule has 0 amide bonds. The van der Waals surface area contributed by atoms with Crippen LogP contribution in [-0.4, -0.2) is 33.5 Å². The third-order valence-electron chi connectivity index (χ3n) is 5.44. The Hall–Kier alpha value is -3.29. The minimum atomic E-state index is 0.649. The molecule has 2 heterocycles. The van der Waals surface area contributed by atoms with Crippen molar-refractivity contribution in [2.24, 2.45) is 0 Å². The molecule has 2 aromatic heterocycles. The van der Waals surface area contributed by atoms with Crippen LogP contribution in [-0.2, 0) is 13.2 Å². The van der Waals surface area contributed by atoms with Gasteiger partial charge in [0.15, 0.2) is 12.5 Å². The van der Waals surface area contributed by atoms with Crippen molar-refractivity contribution >= 4 is 12.2 Å². The van der Waals surface area contributed by atoms with E-state index in [0.717, 1.165) is 34.9 Å². The molecular weight excluding hydrogens is 418 g/mol. The Morgan fingerprint density at radius 1 is 1.06 bits per heavy atom. The summed E-state index contributed by atoms with van der Waals surface area (Å²) in [6.07, 6.45) is 3.60. The molecule has 6 nitrogen and oxygen atoms in total. The summed E-state index contributed by atoms with van der Waals surface area (Å²) in [5, 5.41) is 4.92. The van der Waals surface area contributed by atoms with Crippen molar-refractivity contribution in [3.8, 4) is 22.8 Å². The lowest BCUT2D eigenvalue weighted by Gasteiger charge is -2.14. The third kappa shape index (κ3) is 4.64. The van der Waals surface area contributed by atoms with E-state index in [4.69, 9.17) is 22.1 Å². The maximum absolute atomic E-state index is 5.92. The van der Waals surface area contributed by atoms with Crippen LogP contribution < -0.4 is 9.64 Å². The van der Waals surface area contributed by atoms with Crippen LogP contribution in [0.15, 0.2) is 67.0 Å². The first-order valence-corrected chi connectivity index (χ1v) is 11.0. The van der Waals surface area contributed by atoms with E-state index in [1.165, 1.54) is 16.0 Å². The zero-order valence-electron chi connectivity index (χ0n) is 18.9. The Labute approximate surface area is 193 Å². The quantitative estimate of drug-likeness (QED) is 0.439. The number of rotatable bonds is 7. The Balaban J connectivity index is 1.70. The van der Waals surface area contributed by atoms with Gasteiger partial charge in [-0.2, -0.15) is 4.68 Å². The summed E-state index contributed by atoms with van der Waals surface area (Å²) in [5.41, 5.74) is 5.58. The molecule has 1 N–H and O–H groups in total. The van der Waals surface area contributed by atoms with Gasteiger partial charge in [0.1, 0.15) is 12.3 Å². The minimum Gasteiger partial charge on any atom is -0.497 e. The third-order valence-corrected chi connectivity index (χ3v) is 5.83. The summed E-state index contributed by atoms with van der Waals surface area (Å²) in [4.78, 5) is 5.56. The maximum atomic E-state index is 5.92. The first-order valence-electron chi connectivity index (χ1n) is 10.6. The minimum absolute atomic E-state index is 0.649. The van der Waals surface area contributed by atoms with E-state index in [2.05, 4.69) is 60.8 Å². The summed E-state index contributed by atoms with van der Waals surface area (Å²) in [6.45, 7) is 5.70. The summed E-state index contributed by atoms with van der Waals surface area (Å²) in [6, 6.07) is 18.5. The van der Waals surface area contributed by atoms with Gasteiger partial charge in [0.2, 0.25) is 4.77 Å². The predicted molar refractivity (Wildman–Crippen MR) is 129 cm³/mol. The second-order valence-corrected chi connectivity index (χ2v) is 8.48. The highest BCUT2D eigenvalue weighted by molar-refractivity contribution is 7.71. The Morgan fingerprint density at radius 3 is 2.50 bits per heavy atom. The van der Waals surface area contributed by atoms with Gasteiger partial charge in [-0.05, 0) is 74.1 Å². The Morgan fingerprint density at radius 2 is 1.84 bits per heavy atom. The van der Waals surface area contributed by atoms with E-state index in [-0.39, 0.29) is 0 Å². The average Bonchev–Trinajstić information content (AvgIpc) is 3.10. The van der Waals surface area contributed by atoms with Gasteiger partial charge in [0, 0.05) is 23.5 Å². The van der Waals surface area contributed by atoms with Crippen LogP contribution >= 0.6 is 12.2 Å². The number of pyridine rings is 1. The molecule has 4 rings (SSSR count). The van der Waals surface area contributed by atoms with Gasteiger partial charge in [-0.3, -0.25) is 9.55 Å². The van der Waals surface area contributed by atoms with Crippen molar-refractivity contribution in [1.29, 1.82) is 0 Å². The highest BCUT2D eigenvalue weighted by Crippen LogP contribution is 2.24. The highest BCUT2D eigenvalue weighted by Gasteiger charge is 2.18. The SMILES string of the molecule is COc1ccc(C[NH+](C)Cn2nc(-c3cccnc3)n(-c3ccc(C)cc3C)c2=S)cc1. The van der Waals surface area contributed by atoms with Gasteiger partial charge < -0.3 is 9.64 Å². The number of nitrogens with zero attached hydrogens (tertiary/aromatic N) is 4. The number of ether oxygens (including phenoxy) is 1. The average molecular weight is 447 g/mol. The molecule has 0 aliphatic carbocycles. The largest absolute Gasteiger partial charge is 0.497 e. The number of nitrogens with one attached hydrogen (secondary N) is 1. The Kier molecular flexibility index (Phi) is 6.48. The van der Waals surface area contributed by atoms with E-state index in [9.17, 15) is 0 Å². The number of hydrogen-bond acceptors (Lipinski definition) is 4. The van der Waals surface area contributed by atoms with Crippen LogP contribution in [0.5, 0.6) is 5.75 Å². The fraction of sp³-hybridized carbons (Fsp3) is 0.240. The number of hydrogen-bond donors (Lipinski definition) is 1. The molecule has 0 aliphatic heterocycles. The number of benzene rings is 2. The molecule has 32 heavy (non-hydrogen) atoms. The fourth-order valence-electron chi connectivity index (χ4n) is 3.87. The van der Waals surface area contributed by atoms with E-state index in [1.54, 1.807) is 13.3 Å². The lowest BCUT2D eigenvalue weighted by molar-refractivity contribution is -0.917. The normalized spacial score (nSPS) is 12.0. The highest BCUT2D eigenvalue weighted by atomic mass is 32.1. The number of aryl methyl sites for hydroxylation is 2. The summed E-state index contributed by atoms with van der Waals surface area (Å²) < 4.78 is 9.90. The first kappa shape index (κ1) is 21.9. The standard InChI is InChI=1S/C25H27N5OS/c1-18-7-12-23(19(2)14-18)30-24(21-6-5-13-26-15-21)27-29(25(30)32)17-28(3)16-20-8-10-22(31-4)11-9-20/h5-15H,16-17H2,1-4H3/p+1. The molecule has 1 unspecified atom stereocenters. The Bertz CT molecular complexity index is 1260. The zero-order valence-corrected chi connectivity index (χ0v) is 19.7. The molecule has 0 spiro atoms. The van der Waals surface area contributed by atoms with Gasteiger partial charge in [-0.25, -0.2) is 0 Å². The fourth-order valence-corrected chi connectivity index (χ4v) is 4.16. The number of quaternary nitrogens is 1. The van der Waals surface area contributed by atoms with Crippen molar-refractivity contribution in [2.75, 3.05) is 14.2 Å². The van der Waals surface area contributed by atoms with Gasteiger partial charge in [0.25, 0.3) is 0 Å². The molecule has 0 bridgehead atoms. The van der Waals surface area contributed by atoms with Crippen molar-refractivity contribution in [3.05, 3.63) is 88.5 Å². The molecule has 2 aromatic carbocycles. The van der Waals surface area contributed by atoms with E-state index >= 15 is 0 Å². The van der Waals surface area contributed by atoms with Gasteiger partial charge >= 0.3 is 0 Å².